The standard InChI is InChI=1S/C19H23N5O/c1-14-21-16(17-7-3-4-10-24(14)17)13-23-9-5-6-15(12-23)18(25)19-20-8-11-22(19)2/h3-4,7-8,10-11,15H,5-6,9,12-13H2,1-2H3/t15-/m1/s1. The maximum absolute atomic E-state index is 12.8. The summed E-state index contributed by atoms with van der Waals surface area (Å²) in [4.78, 5) is 24.1. The summed E-state index contributed by atoms with van der Waals surface area (Å²) < 4.78 is 3.93. The number of rotatable bonds is 4. The number of Topliss-reactive ketones (excluding diaryl/α,β-unsaturated/α-hetero) is 1. The van der Waals surface area contributed by atoms with Gasteiger partial charge in [0, 0.05) is 44.6 Å². The van der Waals surface area contributed by atoms with Gasteiger partial charge in [0.05, 0.1) is 11.2 Å². The van der Waals surface area contributed by atoms with E-state index in [0.29, 0.717) is 5.82 Å². The van der Waals surface area contributed by atoms with Crippen molar-refractivity contribution >= 4 is 11.3 Å². The van der Waals surface area contributed by atoms with Crippen molar-refractivity contribution in [3.8, 4) is 0 Å². The summed E-state index contributed by atoms with van der Waals surface area (Å²) in [6, 6.07) is 6.17. The second kappa shape index (κ2) is 6.44. The lowest BCUT2D eigenvalue weighted by atomic mass is 9.93. The summed E-state index contributed by atoms with van der Waals surface area (Å²) in [5.41, 5.74) is 2.24. The normalized spacial score (nSPS) is 18.7. The molecule has 130 valence electrons. The summed E-state index contributed by atoms with van der Waals surface area (Å²) in [6.45, 7) is 4.59. The van der Waals surface area contributed by atoms with E-state index in [1.54, 1.807) is 6.20 Å². The van der Waals surface area contributed by atoms with Crippen molar-refractivity contribution in [1.82, 2.24) is 23.8 Å². The smallest absolute Gasteiger partial charge is 0.202 e. The van der Waals surface area contributed by atoms with Crippen LogP contribution in [0.4, 0.5) is 0 Å². The molecule has 0 amide bonds. The summed E-state index contributed by atoms with van der Waals surface area (Å²) in [6.07, 6.45) is 7.53. The van der Waals surface area contributed by atoms with E-state index in [1.165, 1.54) is 0 Å². The van der Waals surface area contributed by atoms with Crippen molar-refractivity contribution in [2.24, 2.45) is 13.0 Å². The van der Waals surface area contributed by atoms with Crippen LogP contribution in [0, 0.1) is 12.8 Å². The number of piperidine rings is 1. The molecule has 3 aromatic rings. The predicted octanol–water partition coefficient (Wildman–Crippen LogP) is 2.47. The van der Waals surface area contributed by atoms with E-state index in [1.807, 2.05) is 43.1 Å². The van der Waals surface area contributed by atoms with E-state index in [0.717, 1.165) is 49.5 Å². The van der Waals surface area contributed by atoms with Gasteiger partial charge in [-0.1, -0.05) is 6.07 Å². The summed E-state index contributed by atoms with van der Waals surface area (Å²) in [7, 11) is 1.88. The van der Waals surface area contributed by atoms with E-state index in [-0.39, 0.29) is 11.7 Å². The second-order valence-electron chi connectivity index (χ2n) is 6.86. The molecular weight excluding hydrogens is 314 g/mol. The molecule has 1 fully saturated rings. The first-order chi connectivity index (χ1) is 12.1. The number of carbonyl (C=O) groups excluding carboxylic acids is 1. The molecule has 0 aromatic carbocycles. The fourth-order valence-electron chi connectivity index (χ4n) is 3.79. The Labute approximate surface area is 147 Å². The third-order valence-corrected chi connectivity index (χ3v) is 5.09. The molecule has 4 rings (SSSR count). The highest BCUT2D eigenvalue weighted by atomic mass is 16.1. The molecule has 3 aromatic heterocycles. The molecule has 0 radical (unpaired) electrons. The number of nitrogens with zero attached hydrogens (tertiary/aromatic N) is 5. The summed E-state index contributed by atoms with van der Waals surface area (Å²) in [5.74, 6) is 1.74. The van der Waals surface area contributed by atoms with Gasteiger partial charge in [-0.05, 0) is 38.4 Å². The fourth-order valence-corrected chi connectivity index (χ4v) is 3.79. The quantitative estimate of drug-likeness (QED) is 0.686. The largest absolute Gasteiger partial charge is 0.332 e. The minimum Gasteiger partial charge on any atom is -0.332 e. The van der Waals surface area contributed by atoms with Crippen molar-refractivity contribution in [3.63, 3.8) is 0 Å². The number of hydrogen-bond acceptors (Lipinski definition) is 4. The number of pyridine rings is 1. The predicted molar refractivity (Wildman–Crippen MR) is 95.5 cm³/mol. The van der Waals surface area contributed by atoms with E-state index >= 15 is 0 Å². The monoisotopic (exact) mass is 337 g/mol. The number of likely N-dealkylation sites (tertiary alicyclic amines) is 1. The molecule has 0 saturated carbocycles. The molecule has 1 saturated heterocycles. The number of fused-ring (bicyclic) bond motifs is 1. The molecule has 0 bridgehead atoms. The first kappa shape index (κ1) is 16.0. The number of imidazole rings is 2. The van der Waals surface area contributed by atoms with Crippen molar-refractivity contribution in [3.05, 3.63) is 54.1 Å². The number of aryl methyl sites for hydroxylation is 2. The molecule has 6 nitrogen and oxygen atoms in total. The maximum Gasteiger partial charge on any atom is 0.202 e. The van der Waals surface area contributed by atoms with Crippen LogP contribution < -0.4 is 0 Å². The highest BCUT2D eigenvalue weighted by Gasteiger charge is 2.29. The Hall–Kier alpha value is -2.47. The van der Waals surface area contributed by atoms with Crippen molar-refractivity contribution in [2.45, 2.75) is 26.3 Å². The van der Waals surface area contributed by atoms with E-state index in [2.05, 4.69) is 20.4 Å². The van der Waals surface area contributed by atoms with E-state index in [4.69, 9.17) is 4.98 Å². The molecule has 0 spiro atoms. The zero-order chi connectivity index (χ0) is 17.4. The lowest BCUT2D eigenvalue weighted by Crippen LogP contribution is -2.39. The van der Waals surface area contributed by atoms with Crippen LogP contribution in [-0.4, -0.2) is 42.7 Å². The van der Waals surface area contributed by atoms with Crippen LogP contribution >= 0.6 is 0 Å². The van der Waals surface area contributed by atoms with Gasteiger partial charge in [0.15, 0.2) is 5.82 Å². The summed E-state index contributed by atoms with van der Waals surface area (Å²) in [5, 5.41) is 0. The Bertz CT molecular complexity index is 910. The van der Waals surface area contributed by atoms with Gasteiger partial charge in [0.1, 0.15) is 5.82 Å². The third kappa shape index (κ3) is 2.98. The van der Waals surface area contributed by atoms with Gasteiger partial charge in [0.25, 0.3) is 0 Å². The Morgan fingerprint density at radius 2 is 2.20 bits per heavy atom. The van der Waals surface area contributed by atoms with Crippen LogP contribution in [0.5, 0.6) is 0 Å². The minimum atomic E-state index is 0.0184. The van der Waals surface area contributed by atoms with Crippen molar-refractivity contribution in [1.29, 1.82) is 0 Å². The van der Waals surface area contributed by atoms with Crippen LogP contribution in [0.3, 0.4) is 0 Å². The second-order valence-corrected chi connectivity index (χ2v) is 6.86. The molecule has 0 N–H and O–H groups in total. The Balaban J connectivity index is 1.51. The lowest BCUT2D eigenvalue weighted by molar-refractivity contribution is 0.0797. The lowest BCUT2D eigenvalue weighted by Gasteiger charge is -2.31. The highest BCUT2D eigenvalue weighted by molar-refractivity contribution is 5.94. The van der Waals surface area contributed by atoms with Crippen LogP contribution in [0.1, 0.15) is 35.0 Å². The van der Waals surface area contributed by atoms with Crippen molar-refractivity contribution in [2.75, 3.05) is 13.1 Å². The fraction of sp³-hybridized carbons (Fsp3) is 0.421. The van der Waals surface area contributed by atoms with Crippen LogP contribution in [0.25, 0.3) is 5.52 Å². The van der Waals surface area contributed by atoms with Gasteiger partial charge in [-0.3, -0.25) is 9.69 Å². The van der Waals surface area contributed by atoms with Crippen LogP contribution in [0.2, 0.25) is 0 Å². The third-order valence-electron chi connectivity index (χ3n) is 5.09. The molecule has 0 aliphatic carbocycles. The number of aromatic nitrogens is 4. The van der Waals surface area contributed by atoms with Gasteiger partial charge in [0.2, 0.25) is 5.78 Å². The van der Waals surface area contributed by atoms with Crippen LogP contribution in [-0.2, 0) is 13.6 Å². The average Bonchev–Trinajstić information content (AvgIpc) is 3.19. The number of ketones is 1. The van der Waals surface area contributed by atoms with Gasteiger partial charge in [-0.15, -0.1) is 0 Å². The van der Waals surface area contributed by atoms with Crippen LogP contribution in [0.15, 0.2) is 36.8 Å². The Kier molecular flexibility index (Phi) is 4.13. The molecular formula is C19H23N5O. The zero-order valence-electron chi connectivity index (χ0n) is 14.7. The maximum atomic E-state index is 12.8. The molecule has 1 atom stereocenters. The number of hydrogen-bond donors (Lipinski definition) is 0. The van der Waals surface area contributed by atoms with Gasteiger partial charge < -0.3 is 8.97 Å². The van der Waals surface area contributed by atoms with Crippen molar-refractivity contribution < 1.29 is 4.79 Å². The minimum absolute atomic E-state index is 0.0184. The molecule has 4 heterocycles. The topological polar surface area (TPSA) is 55.4 Å². The molecule has 1 aliphatic rings. The number of carbonyl (C=O) groups is 1. The van der Waals surface area contributed by atoms with E-state index in [9.17, 15) is 4.79 Å². The molecule has 0 unspecified atom stereocenters. The van der Waals surface area contributed by atoms with E-state index < -0.39 is 0 Å². The van der Waals surface area contributed by atoms with Gasteiger partial charge in [-0.2, -0.15) is 0 Å². The Morgan fingerprint density at radius 1 is 1.32 bits per heavy atom. The molecule has 1 aliphatic heterocycles. The Morgan fingerprint density at radius 3 is 3.00 bits per heavy atom. The highest BCUT2D eigenvalue weighted by Crippen LogP contribution is 2.23. The molecule has 25 heavy (non-hydrogen) atoms. The zero-order valence-corrected chi connectivity index (χ0v) is 14.7. The average molecular weight is 337 g/mol. The van der Waals surface area contributed by atoms with Gasteiger partial charge >= 0.3 is 0 Å². The summed E-state index contributed by atoms with van der Waals surface area (Å²) >= 11 is 0. The first-order valence-corrected chi connectivity index (χ1v) is 8.80. The molecule has 6 heteroatoms. The van der Waals surface area contributed by atoms with Gasteiger partial charge in [-0.25, -0.2) is 9.97 Å². The first-order valence-electron chi connectivity index (χ1n) is 8.80. The SMILES string of the molecule is Cc1nc(CN2CCC[C@@H](C(=O)c3nccn3C)C2)c2ccccn12.